The Morgan fingerprint density at radius 3 is 2.70 bits per heavy atom. The number of hydrogen-bond donors (Lipinski definition) is 0. The van der Waals surface area contributed by atoms with Crippen LogP contribution in [0.1, 0.15) is 51.0 Å². The van der Waals surface area contributed by atoms with E-state index in [1.165, 1.54) is 0 Å². The molecule has 1 aromatic rings. The van der Waals surface area contributed by atoms with Crippen molar-refractivity contribution in [1.82, 2.24) is 0 Å². The van der Waals surface area contributed by atoms with E-state index in [4.69, 9.17) is 4.74 Å². The summed E-state index contributed by atoms with van der Waals surface area (Å²) in [6.45, 7) is 1.66. The van der Waals surface area contributed by atoms with E-state index in [-0.39, 0.29) is 17.7 Å². The molecule has 0 aromatic heterocycles. The highest BCUT2D eigenvalue weighted by atomic mass is 16.5. The Hall–Kier alpha value is -1.64. The van der Waals surface area contributed by atoms with E-state index in [9.17, 15) is 9.59 Å². The molecule has 0 saturated heterocycles. The molecular formula is C17H22O3. The molecule has 0 bridgehead atoms. The first-order chi connectivity index (χ1) is 9.66. The van der Waals surface area contributed by atoms with Gasteiger partial charge in [0.25, 0.3) is 0 Å². The van der Waals surface area contributed by atoms with Crippen molar-refractivity contribution in [3.63, 3.8) is 0 Å². The molecule has 0 spiro atoms. The fourth-order valence-electron chi connectivity index (χ4n) is 2.67. The van der Waals surface area contributed by atoms with Crippen molar-refractivity contribution in [2.24, 2.45) is 5.92 Å². The van der Waals surface area contributed by atoms with E-state index in [1.54, 1.807) is 6.92 Å². The lowest BCUT2D eigenvalue weighted by Crippen LogP contribution is -2.16. The van der Waals surface area contributed by atoms with E-state index >= 15 is 0 Å². The Labute approximate surface area is 120 Å². The standard InChI is InChI=1S/C17H22O3/c1-13(18)14-8-4-2-3-5-11-17(19)20-16-10-7-6-9-15(16)12-14/h6-7,9-10,14H,2-5,8,11-12H2,1H3. The fourth-order valence-corrected chi connectivity index (χ4v) is 2.67. The van der Waals surface area contributed by atoms with Crippen molar-refractivity contribution in [3.05, 3.63) is 29.8 Å². The van der Waals surface area contributed by atoms with Crippen molar-refractivity contribution in [2.45, 2.75) is 51.9 Å². The average Bonchev–Trinajstić information content (AvgIpc) is 2.41. The van der Waals surface area contributed by atoms with Gasteiger partial charge in [-0.05, 0) is 37.8 Å². The molecule has 2 rings (SSSR count). The predicted octanol–water partition coefficient (Wildman–Crippen LogP) is 3.69. The smallest absolute Gasteiger partial charge is 0.311 e. The summed E-state index contributed by atoms with van der Waals surface area (Å²) in [5.74, 6) is 0.708. The highest BCUT2D eigenvalue weighted by molar-refractivity contribution is 5.79. The molecule has 1 aromatic carbocycles. The third-order valence-corrected chi connectivity index (χ3v) is 3.92. The maximum atomic E-state index is 11.8. The predicted molar refractivity (Wildman–Crippen MR) is 77.7 cm³/mol. The maximum absolute atomic E-state index is 11.8. The number of carbonyl (C=O) groups is 2. The molecule has 0 saturated carbocycles. The molecule has 0 N–H and O–H groups in total. The number of ether oxygens (including phenoxy) is 1. The minimum atomic E-state index is -0.169. The quantitative estimate of drug-likeness (QED) is 0.579. The van der Waals surface area contributed by atoms with Crippen molar-refractivity contribution in [3.8, 4) is 5.75 Å². The first kappa shape index (κ1) is 14.8. The second kappa shape index (κ2) is 7.22. The number of benzene rings is 1. The van der Waals surface area contributed by atoms with Crippen LogP contribution < -0.4 is 4.74 Å². The summed E-state index contributed by atoms with van der Waals surface area (Å²) in [6, 6.07) is 7.55. The summed E-state index contributed by atoms with van der Waals surface area (Å²) in [6.07, 6.45) is 6.11. The topological polar surface area (TPSA) is 43.4 Å². The van der Waals surface area contributed by atoms with Crippen LogP contribution in [0.5, 0.6) is 5.75 Å². The summed E-state index contributed by atoms with van der Waals surface area (Å²) >= 11 is 0. The van der Waals surface area contributed by atoms with Gasteiger partial charge in [-0.1, -0.05) is 37.5 Å². The third-order valence-electron chi connectivity index (χ3n) is 3.92. The van der Waals surface area contributed by atoms with E-state index in [1.807, 2.05) is 24.3 Å². The van der Waals surface area contributed by atoms with Crippen LogP contribution in [0, 0.1) is 5.92 Å². The van der Waals surface area contributed by atoms with Crippen LogP contribution >= 0.6 is 0 Å². The largest absolute Gasteiger partial charge is 0.426 e. The van der Waals surface area contributed by atoms with Crippen LogP contribution in [0.3, 0.4) is 0 Å². The Kier molecular flexibility index (Phi) is 5.33. The number of para-hydroxylation sites is 1. The lowest BCUT2D eigenvalue weighted by molar-refractivity contribution is -0.134. The third kappa shape index (κ3) is 4.19. The molecule has 0 amide bonds. The van der Waals surface area contributed by atoms with Gasteiger partial charge in [0.05, 0.1) is 0 Å². The van der Waals surface area contributed by atoms with Crippen LogP contribution in [-0.4, -0.2) is 11.8 Å². The lowest BCUT2D eigenvalue weighted by atomic mass is 9.90. The number of Topliss-reactive ketones (excluding diaryl/α,β-unsaturated/α-hetero) is 1. The van der Waals surface area contributed by atoms with Crippen molar-refractivity contribution in [1.29, 1.82) is 0 Å². The van der Waals surface area contributed by atoms with Crippen LogP contribution in [0.25, 0.3) is 0 Å². The molecule has 1 aliphatic rings. The number of ketones is 1. The van der Waals surface area contributed by atoms with E-state index in [0.717, 1.165) is 37.7 Å². The Bertz CT molecular complexity index is 479. The van der Waals surface area contributed by atoms with Crippen molar-refractivity contribution in [2.75, 3.05) is 0 Å². The highest BCUT2D eigenvalue weighted by Crippen LogP contribution is 2.26. The van der Waals surface area contributed by atoms with Gasteiger partial charge in [-0.2, -0.15) is 0 Å². The first-order valence-electron chi connectivity index (χ1n) is 7.46. The number of fused-ring (bicyclic) bond motifs is 1. The van der Waals surface area contributed by atoms with E-state index in [2.05, 4.69) is 0 Å². The summed E-state index contributed by atoms with van der Waals surface area (Å²) in [5.41, 5.74) is 0.960. The molecule has 0 radical (unpaired) electrons. The van der Waals surface area contributed by atoms with Crippen LogP contribution in [0.4, 0.5) is 0 Å². The number of rotatable bonds is 1. The highest BCUT2D eigenvalue weighted by Gasteiger charge is 2.18. The number of carbonyl (C=O) groups excluding carboxylic acids is 2. The number of esters is 1. The van der Waals surface area contributed by atoms with Gasteiger partial charge in [0, 0.05) is 12.3 Å². The van der Waals surface area contributed by atoms with Crippen LogP contribution in [0.15, 0.2) is 24.3 Å². The SMILES string of the molecule is CC(=O)C1CCCCCCC(=O)Oc2ccccc2C1. The van der Waals surface area contributed by atoms with Gasteiger partial charge in [0.2, 0.25) is 0 Å². The maximum Gasteiger partial charge on any atom is 0.311 e. The van der Waals surface area contributed by atoms with Crippen molar-refractivity contribution >= 4 is 11.8 Å². The lowest BCUT2D eigenvalue weighted by Gasteiger charge is -2.17. The minimum Gasteiger partial charge on any atom is -0.426 e. The molecule has 3 heteroatoms. The summed E-state index contributed by atoms with van der Waals surface area (Å²) in [4.78, 5) is 23.6. The second-order valence-electron chi connectivity index (χ2n) is 5.55. The summed E-state index contributed by atoms with van der Waals surface area (Å²) < 4.78 is 5.45. The normalized spacial score (nSPS) is 21.1. The monoisotopic (exact) mass is 274 g/mol. The molecule has 3 nitrogen and oxygen atoms in total. The van der Waals surface area contributed by atoms with E-state index < -0.39 is 0 Å². The molecule has 1 heterocycles. The summed E-state index contributed by atoms with van der Waals surface area (Å²) in [5, 5.41) is 0. The van der Waals surface area contributed by atoms with Gasteiger partial charge in [-0.15, -0.1) is 0 Å². The Morgan fingerprint density at radius 2 is 1.90 bits per heavy atom. The zero-order valence-electron chi connectivity index (χ0n) is 12.1. The Balaban J connectivity index is 2.22. The molecule has 20 heavy (non-hydrogen) atoms. The number of hydrogen-bond acceptors (Lipinski definition) is 3. The van der Waals surface area contributed by atoms with Crippen LogP contribution in [0.2, 0.25) is 0 Å². The molecule has 1 unspecified atom stereocenters. The second-order valence-corrected chi connectivity index (χ2v) is 5.55. The molecular weight excluding hydrogens is 252 g/mol. The zero-order chi connectivity index (χ0) is 14.4. The summed E-state index contributed by atoms with van der Waals surface area (Å²) in [7, 11) is 0. The molecule has 0 fully saturated rings. The van der Waals surface area contributed by atoms with Gasteiger partial charge < -0.3 is 4.74 Å². The molecule has 1 aliphatic heterocycles. The fraction of sp³-hybridized carbons (Fsp3) is 0.529. The molecule has 0 aliphatic carbocycles. The van der Waals surface area contributed by atoms with Gasteiger partial charge in [0.15, 0.2) is 0 Å². The molecule has 108 valence electrons. The van der Waals surface area contributed by atoms with E-state index in [0.29, 0.717) is 18.6 Å². The average molecular weight is 274 g/mol. The zero-order valence-corrected chi connectivity index (χ0v) is 12.1. The van der Waals surface area contributed by atoms with Gasteiger partial charge >= 0.3 is 5.97 Å². The Morgan fingerprint density at radius 1 is 1.15 bits per heavy atom. The van der Waals surface area contributed by atoms with Crippen molar-refractivity contribution < 1.29 is 14.3 Å². The van der Waals surface area contributed by atoms with Crippen LogP contribution in [-0.2, 0) is 16.0 Å². The van der Waals surface area contributed by atoms with Gasteiger partial charge in [-0.3, -0.25) is 9.59 Å². The van der Waals surface area contributed by atoms with Gasteiger partial charge in [-0.25, -0.2) is 0 Å². The minimum absolute atomic E-state index is 0.0364. The molecule has 1 atom stereocenters. The first-order valence-corrected chi connectivity index (χ1v) is 7.46. The van der Waals surface area contributed by atoms with Gasteiger partial charge in [0.1, 0.15) is 11.5 Å².